The van der Waals surface area contributed by atoms with E-state index in [-0.39, 0.29) is 18.5 Å². The van der Waals surface area contributed by atoms with E-state index >= 15 is 0 Å². The minimum atomic E-state index is -0.0936. The summed E-state index contributed by atoms with van der Waals surface area (Å²) in [6, 6.07) is 55.5. The van der Waals surface area contributed by atoms with E-state index in [0.717, 1.165) is 0 Å². The largest absolute Gasteiger partial charge is 0.279 e. The Morgan fingerprint density at radius 1 is 0.362 bits per heavy atom. The Balaban J connectivity index is 1.14. The van der Waals surface area contributed by atoms with E-state index in [1.165, 1.54) is 80.0 Å². The maximum absolute atomic E-state index is 4.01. The van der Waals surface area contributed by atoms with Crippen LogP contribution < -0.4 is 16.0 Å². The lowest BCUT2D eigenvalue weighted by molar-refractivity contribution is 0.205. The molecule has 1 aliphatic rings. The van der Waals surface area contributed by atoms with Crippen LogP contribution in [0.3, 0.4) is 0 Å². The lowest BCUT2D eigenvalue weighted by atomic mass is 9.93. The average Bonchev–Trinajstić information content (AvgIpc) is 3.53. The molecule has 1 saturated heterocycles. The first-order chi connectivity index (χ1) is 23.3. The van der Waals surface area contributed by atoms with Gasteiger partial charge in [0.1, 0.15) is 0 Å². The zero-order chi connectivity index (χ0) is 30.9. The van der Waals surface area contributed by atoms with Crippen LogP contribution in [0, 0.1) is 0 Å². The molecule has 9 aromatic rings. The summed E-state index contributed by atoms with van der Waals surface area (Å²) < 4.78 is 2.65. The third-order valence-corrected chi connectivity index (χ3v) is 11.2. The molecule has 47 heavy (non-hydrogen) atoms. The summed E-state index contributed by atoms with van der Waals surface area (Å²) in [4.78, 5) is 0. The molecule has 1 aromatic heterocycles. The first kappa shape index (κ1) is 27.1. The van der Waals surface area contributed by atoms with Crippen molar-refractivity contribution in [2.75, 3.05) is 0 Å². The second kappa shape index (κ2) is 10.7. The van der Waals surface area contributed by atoms with E-state index in [1.807, 2.05) is 11.3 Å². The standard InChI is InChI=1S/C43H31N3S/c1-2-11-28-25-29(20-19-26(28)9-1)41-44-42(46-43(45-41)38-17-8-15-36-35-13-5-6-18-39(35)47-40(36)38)37-16-7-14-31-33-22-21-27-10-3-4-12-30(27)32(33)23-24-34(31)37/h1-25,41-46H. The molecule has 0 aliphatic carbocycles. The summed E-state index contributed by atoms with van der Waals surface area (Å²) in [6.07, 6.45) is -0.238. The van der Waals surface area contributed by atoms with Gasteiger partial charge in [-0.25, -0.2) is 0 Å². The predicted molar refractivity (Wildman–Crippen MR) is 200 cm³/mol. The number of rotatable bonds is 3. The number of benzene rings is 8. The molecule has 2 heterocycles. The van der Waals surface area contributed by atoms with Gasteiger partial charge >= 0.3 is 0 Å². The van der Waals surface area contributed by atoms with Gasteiger partial charge in [0.25, 0.3) is 0 Å². The molecule has 1 aliphatic heterocycles. The smallest absolute Gasteiger partial charge is 0.0878 e. The third-order valence-electron chi connectivity index (χ3n) is 9.98. The highest BCUT2D eigenvalue weighted by molar-refractivity contribution is 7.26. The third kappa shape index (κ3) is 4.38. The summed E-state index contributed by atoms with van der Waals surface area (Å²) in [7, 11) is 0. The summed E-state index contributed by atoms with van der Waals surface area (Å²) in [5.74, 6) is 0. The molecule has 3 atom stereocenters. The Morgan fingerprint density at radius 3 is 1.83 bits per heavy atom. The van der Waals surface area contributed by atoms with Gasteiger partial charge in [0.05, 0.1) is 18.5 Å². The number of fused-ring (bicyclic) bond motifs is 9. The van der Waals surface area contributed by atoms with E-state index in [9.17, 15) is 0 Å². The van der Waals surface area contributed by atoms with Gasteiger partial charge < -0.3 is 0 Å². The second-order valence-corrected chi connectivity index (χ2v) is 13.7. The van der Waals surface area contributed by atoms with Crippen LogP contribution in [0.1, 0.15) is 35.2 Å². The summed E-state index contributed by atoms with van der Waals surface area (Å²) >= 11 is 1.88. The van der Waals surface area contributed by atoms with Gasteiger partial charge in [-0.1, -0.05) is 140 Å². The van der Waals surface area contributed by atoms with Crippen LogP contribution >= 0.6 is 11.3 Å². The van der Waals surface area contributed by atoms with Crippen LogP contribution in [-0.2, 0) is 0 Å². The van der Waals surface area contributed by atoms with Crippen molar-refractivity contribution in [1.29, 1.82) is 0 Å². The van der Waals surface area contributed by atoms with E-state index in [0.29, 0.717) is 0 Å². The molecule has 4 heteroatoms. The van der Waals surface area contributed by atoms with E-state index in [2.05, 4.69) is 168 Å². The van der Waals surface area contributed by atoms with Crippen LogP contribution in [0.4, 0.5) is 0 Å². The molecule has 10 rings (SSSR count). The lowest BCUT2D eigenvalue weighted by Crippen LogP contribution is -2.54. The molecule has 8 aromatic carbocycles. The zero-order valence-corrected chi connectivity index (χ0v) is 26.4. The topological polar surface area (TPSA) is 36.1 Å². The summed E-state index contributed by atoms with van der Waals surface area (Å²) in [5.41, 5.74) is 3.75. The van der Waals surface area contributed by atoms with E-state index in [1.54, 1.807) is 0 Å². The Bertz CT molecular complexity index is 2660. The quantitative estimate of drug-likeness (QED) is 0.172. The van der Waals surface area contributed by atoms with Crippen molar-refractivity contribution in [3.05, 3.63) is 168 Å². The Labute approximate surface area is 276 Å². The number of nitrogens with one attached hydrogen (secondary N) is 3. The molecule has 0 spiro atoms. The van der Waals surface area contributed by atoms with E-state index < -0.39 is 0 Å². The van der Waals surface area contributed by atoms with Crippen molar-refractivity contribution < 1.29 is 0 Å². The zero-order valence-electron chi connectivity index (χ0n) is 25.6. The van der Waals surface area contributed by atoms with Gasteiger partial charge in [-0.05, 0) is 66.3 Å². The van der Waals surface area contributed by atoms with Crippen molar-refractivity contribution in [3.8, 4) is 0 Å². The molecule has 0 saturated carbocycles. The van der Waals surface area contributed by atoms with Gasteiger partial charge in [0.2, 0.25) is 0 Å². The first-order valence-electron chi connectivity index (χ1n) is 16.3. The molecule has 3 unspecified atom stereocenters. The fourth-order valence-corrected chi connectivity index (χ4v) is 8.96. The van der Waals surface area contributed by atoms with Crippen LogP contribution in [0.5, 0.6) is 0 Å². The summed E-state index contributed by atoms with van der Waals surface area (Å²) in [5, 5.41) is 24.8. The average molecular weight is 622 g/mol. The van der Waals surface area contributed by atoms with E-state index in [4.69, 9.17) is 0 Å². The number of hydrogen-bond donors (Lipinski definition) is 3. The van der Waals surface area contributed by atoms with Gasteiger partial charge in [0, 0.05) is 25.7 Å². The Morgan fingerprint density at radius 2 is 0.936 bits per heavy atom. The predicted octanol–water partition coefficient (Wildman–Crippen LogP) is 10.8. The molecule has 3 nitrogen and oxygen atoms in total. The number of hydrogen-bond acceptors (Lipinski definition) is 4. The fourth-order valence-electron chi connectivity index (χ4n) is 7.71. The molecular weight excluding hydrogens is 591 g/mol. The highest BCUT2D eigenvalue weighted by Crippen LogP contribution is 2.40. The molecule has 224 valence electrons. The van der Waals surface area contributed by atoms with Crippen LogP contribution in [0.2, 0.25) is 0 Å². The minimum absolute atomic E-state index is 0.0693. The van der Waals surface area contributed by atoms with Gasteiger partial charge in [0.15, 0.2) is 0 Å². The van der Waals surface area contributed by atoms with Gasteiger partial charge in [-0.15, -0.1) is 11.3 Å². The second-order valence-electron chi connectivity index (χ2n) is 12.6. The SMILES string of the molecule is c1ccc2cc(C3NC(c4cccc5c4ccc4c6ccccc6ccc54)NC(c4cccc5c4sc4ccccc45)N3)ccc2c1. The van der Waals surface area contributed by atoms with Crippen LogP contribution in [0.25, 0.3) is 63.3 Å². The van der Waals surface area contributed by atoms with Crippen LogP contribution in [-0.4, -0.2) is 0 Å². The van der Waals surface area contributed by atoms with Crippen molar-refractivity contribution in [2.45, 2.75) is 18.5 Å². The monoisotopic (exact) mass is 621 g/mol. The molecule has 0 amide bonds. The first-order valence-corrected chi connectivity index (χ1v) is 17.1. The highest BCUT2D eigenvalue weighted by atomic mass is 32.1. The maximum Gasteiger partial charge on any atom is 0.0878 e. The van der Waals surface area contributed by atoms with Crippen molar-refractivity contribution in [2.24, 2.45) is 0 Å². The van der Waals surface area contributed by atoms with Gasteiger partial charge in [-0.3, -0.25) is 16.0 Å². The minimum Gasteiger partial charge on any atom is -0.279 e. The van der Waals surface area contributed by atoms with Crippen molar-refractivity contribution >= 4 is 74.6 Å². The fraction of sp³-hybridized carbons (Fsp3) is 0.0698. The lowest BCUT2D eigenvalue weighted by Gasteiger charge is -2.40. The highest BCUT2D eigenvalue weighted by Gasteiger charge is 2.32. The normalized spacial score (nSPS) is 18.6. The number of thiophene rings is 1. The molecule has 0 radical (unpaired) electrons. The van der Waals surface area contributed by atoms with Crippen molar-refractivity contribution in [1.82, 2.24) is 16.0 Å². The molecule has 1 fully saturated rings. The molecule has 0 bridgehead atoms. The molecular formula is C43H31N3S. The summed E-state index contributed by atoms with van der Waals surface area (Å²) in [6.45, 7) is 0. The van der Waals surface area contributed by atoms with Crippen LogP contribution in [0.15, 0.2) is 152 Å². The Kier molecular flexibility index (Phi) is 6.18. The maximum atomic E-state index is 4.01. The molecule has 3 N–H and O–H groups in total. The van der Waals surface area contributed by atoms with Crippen molar-refractivity contribution in [3.63, 3.8) is 0 Å². The van der Waals surface area contributed by atoms with Gasteiger partial charge in [-0.2, -0.15) is 0 Å². The Hall–Kier alpha value is -5.10.